The largest absolute Gasteiger partial charge is 0.434 e. The first kappa shape index (κ1) is 13.3. The highest BCUT2D eigenvalue weighted by Crippen LogP contribution is 2.42. The predicted molar refractivity (Wildman–Crippen MR) is 68.2 cm³/mol. The molecule has 1 saturated heterocycles. The van der Waals surface area contributed by atoms with E-state index in [-0.39, 0.29) is 30.4 Å². The van der Waals surface area contributed by atoms with Crippen LogP contribution in [0, 0.1) is 5.92 Å². The van der Waals surface area contributed by atoms with Crippen molar-refractivity contribution in [2.75, 3.05) is 6.54 Å². The van der Waals surface area contributed by atoms with Gasteiger partial charge in [0.15, 0.2) is 0 Å². The Balaban J connectivity index is 1.90. The Labute approximate surface area is 115 Å². The van der Waals surface area contributed by atoms with Gasteiger partial charge in [-0.3, -0.25) is 10.1 Å². The normalized spacial score (nSPS) is 29.1. The summed E-state index contributed by atoms with van der Waals surface area (Å²) in [4.78, 5) is 13.8. The Hall–Kier alpha value is -1.69. The Morgan fingerprint density at radius 2 is 2.10 bits per heavy atom. The maximum atomic E-state index is 12.5. The summed E-state index contributed by atoms with van der Waals surface area (Å²) >= 11 is 0. The number of benzene rings is 1. The van der Waals surface area contributed by atoms with Crippen molar-refractivity contribution in [2.24, 2.45) is 5.92 Å². The highest BCUT2D eigenvalue weighted by molar-refractivity contribution is 5.81. The number of nitrogens with one attached hydrogen (secondary N) is 1. The van der Waals surface area contributed by atoms with Crippen LogP contribution in [0.3, 0.4) is 0 Å². The number of carbonyl (C=O) groups is 1. The van der Waals surface area contributed by atoms with Crippen LogP contribution in [0.15, 0.2) is 24.3 Å². The van der Waals surface area contributed by atoms with E-state index in [2.05, 4.69) is 17.0 Å². The second-order valence-corrected chi connectivity index (χ2v) is 5.28. The summed E-state index contributed by atoms with van der Waals surface area (Å²) < 4.78 is 29.5. The third-order valence-corrected chi connectivity index (χ3v) is 3.87. The SMILES string of the molecule is CC1CC1N1C(=O)CNC1c1ccccc1OC(F)F. The number of hydrogen-bond donors (Lipinski definition) is 1. The molecule has 1 aliphatic carbocycles. The number of alkyl halides is 2. The van der Waals surface area contributed by atoms with Crippen molar-refractivity contribution in [3.8, 4) is 5.75 Å². The first-order valence-electron chi connectivity index (χ1n) is 6.66. The van der Waals surface area contributed by atoms with Gasteiger partial charge in [0.1, 0.15) is 11.9 Å². The summed E-state index contributed by atoms with van der Waals surface area (Å²) in [7, 11) is 0. The van der Waals surface area contributed by atoms with Crippen LogP contribution in [0.4, 0.5) is 8.78 Å². The topological polar surface area (TPSA) is 41.6 Å². The molecule has 108 valence electrons. The molecule has 1 amide bonds. The molecule has 3 unspecified atom stereocenters. The molecular formula is C14H16F2N2O2. The molecular weight excluding hydrogens is 266 g/mol. The Morgan fingerprint density at radius 1 is 1.40 bits per heavy atom. The van der Waals surface area contributed by atoms with E-state index < -0.39 is 6.61 Å². The molecule has 1 aromatic carbocycles. The van der Waals surface area contributed by atoms with Crippen LogP contribution in [0.25, 0.3) is 0 Å². The number of rotatable bonds is 4. The maximum absolute atomic E-state index is 12.5. The van der Waals surface area contributed by atoms with Crippen LogP contribution >= 0.6 is 0 Å². The molecule has 1 heterocycles. The zero-order chi connectivity index (χ0) is 14.3. The van der Waals surface area contributed by atoms with Crippen molar-refractivity contribution in [1.82, 2.24) is 10.2 Å². The van der Waals surface area contributed by atoms with E-state index in [1.54, 1.807) is 23.1 Å². The van der Waals surface area contributed by atoms with Gasteiger partial charge in [-0.15, -0.1) is 0 Å². The molecule has 1 aromatic rings. The Kier molecular flexibility index (Phi) is 3.33. The number of para-hydroxylation sites is 1. The van der Waals surface area contributed by atoms with Crippen LogP contribution in [0.5, 0.6) is 5.75 Å². The summed E-state index contributed by atoms with van der Waals surface area (Å²) in [5, 5.41) is 3.08. The molecule has 3 rings (SSSR count). The van der Waals surface area contributed by atoms with E-state index in [1.807, 2.05) is 0 Å². The minimum Gasteiger partial charge on any atom is -0.434 e. The first-order chi connectivity index (χ1) is 9.58. The molecule has 1 N–H and O–H groups in total. The number of carbonyl (C=O) groups excluding carboxylic acids is 1. The minimum atomic E-state index is -2.87. The zero-order valence-corrected chi connectivity index (χ0v) is 11.1. The molecule has 0 spiro atoms. The lowest BCUT2D eigenvalue weighted by Crippen LogP contribution is -2.33. The van der Waals surface area contributed by atoms with Gasteiger partial charge in [0.05, 0.1) is 6.54 Å². The quantitative estimate of drug-likeness (QED) is 0.920. The van der Waals surface area contributed by atoms with Crippen LogP contribution in [0.1, 0.15) is 25.1 Å². The number of nitrogens with zero attached hydrogens (tertiary/aromatic N) is 1. The maximum Gasteiger partial charge on any atom is 0.387 e. The molecule has 0 bridgehead atoms. The molecule has 3 atom stereocenters. The standard InChI is InChI=1S/C14H16F2N2O2/c1-8-6-10(8)18-12(19)7-17-13(18)9-4-2-3-5-11(9)20-14(15)16/h2-5,8,10,13-14,17H,6-7H2,1H3. The van der Waals surface area contributed by atoms with Crippen molar-refractivity contribution in [1.29, 1.82) is 0 Å². The van der Waals surface area contributed by atoms with E-state index in [0.29, 0.717) is 11.5 Å². The summed E-state index contributed by atoms with van der Waals surface area (Å²) in [6, 6.07) is 6.81. The lowest BCUT2D eigenvalue weighted by atomic mass is 10.1. The van der Waals surface area contributed by atoms with Crippen molar-refractivity contribution < 1.29 is 18.3 Å². The highest BCUT2D eigenvalue weighted by atomic mass is 19.3. The number of hydrogen-bond acceptors (Lipinski definition) is 3. The van der Waals surface area contributed by atoms with Gasteiger partial charge in [0, 0.05) is 11.6 Å². The Bertz CT molecular complexity index is 524. The second-order valence-electron chi connectivity index (χ2n) is 5.28. The van der Waals surface area contributed by atoms with Gasteiger partial charge in [0.25, 0.3) is 0 Å². The van der Waals surface area contributed by atoms with E-state index in [0.717, 1.165) is 6.42 Å². The zero-order valence-electron chi connectivity index (χ0n) is 11.1. The van der Waals surface area contributed by atoms with Gasteiger partial charge in [-0.25, -0.2) is 0 Å². The molecule has 6 heteroatoms. The van der Waals surface area contributed by atoms with Crippen LogP contribution < -0.4 is 10.1 Å². The van der Waals surface area contributed by atoms with Crippen molar-refractivity contribution in [2.45, 2.75) is 32.2 Å². The van der Waals surface area contributed by atoms with Crippen LogP contribution in [-0.4, -0.2) is 30.0 Å². The van der Waals surface area contributed by atoms with E-state index in [4.69, 9.17) is 0 Å². The lowest BCUT2D eigenvalue weighted by molar-refractivity contribution is -0.128. The second kappa shape index (κ2) is 5.01. The molecule has 2 aliphatic rings. The Morgan fingerprint density at radius 3 is 2.75 bits per heavy atom. The molecule has 1 saturated carbocycles. The predicted octanol–water partition coefficient (Wildman–Crippen LogP) is 2.13. The molecule has 0 radical (unpaired) electrons. The van der Waals surface area contributed by atoms with E-state index >= 15 is 0 Å². The van der Waals surface area contributed by atoms with E-state index in [1.165, 1.54) is 6.07 Å². The van der Waals surface area contributed by atoms with Crippen molar-refractivity contribution in [3.63, 3.8) is 0 Å². The van der Waals surface area contributed by atoms with E-state index in [9.17, 15) is 13.6 Å². The third kappa shape index (κ3) is 2.35. The summed E-state index contributed by atoms with van der Waals surface area (Å²) in [6.45, 7) is -0.562. The molecule has 2 fully saturated rings. The van der Waals surface area contributed by atoms with Gasteiger partial charge >= 0.3 is 6.61 Å². The lowest BCUT2D eigenvalue weighted by Gasteiger charge is -2.26. The molecule has 20 heavy (non-hydrogen) atoms. The summed E-state index contributed by atoms with van der Waals surface area (Å²) in [5.74, 6) is 0.591. The van der Waals surface area contributed by atoms with Crippen molar-refractivity contribution >= 4 is 5.91 Å². The number of ether oxygens (including phenoxy) is 1. The monoisotopic (exact) mass is 282 g/mol. The van der Waals surface area contributed by atoms with Gasteiger partial charge < -0.3 is 9.64 Å². The molecule has 1 aliphatic heterocycles. The van der Waals surface area contributed by atoms with Crippen molar-refractivity contribution in [3.05, 3.63) is 29.8 Å². The molecule has 0 aromatic heterocycles. The fourth-order valence-electron chi connectivity index (χ4n) is 2.75. The minimum absolute atomic E-state index is 0.0104. The van der Waals surface area contributed by atoms with Gasteiger partial charge in [-0.2, -0.15) is 8.78 Å². The van der Waals surface area contributed by atoms with Gasteiger partial charge in [-0.05, 0) is 18.4 Å². The fourth-order valence-corrected chi connectivity index (χ4v) is 2.75. The fraction of sp³-hybridized carbons (Fsp3) is 0.500. The third-order valence-electron chi connectivity index (χ3n) is 3.87. The average molecular weight is 282 g/mol. The number of halogens is 2. The van der Waals surface area contributed by atoms with Crippen LogP contribution in [-0.2, 0) is 4.79 Å². The smallest absolute Gasteiger partial charge is 0.387 e. The summed E-state index contributed by atoms with van der Waals surface area (Å²) in [5.41, 5.74) is 0.581. The average Bonchev–Trinajstić information content (AvgIpc) is 2.98. The van der Waals surface area contributed by atoms with Crippen LogP contribution in [0.2, 0.25) is 0 Å². The summed E-state index contributed by atoms with van der Waals surface area (Å²) in [6.07, 6.45) is 0.578. The molecule has 4 nitrogen and oxygen atoms in total. The van der Waals surface area contributed by atoms with Gasteiger partial charge in [-0.1, -0.05) is 25.1 Å². The van der Waals surface area contributed by atoms with Gasteiger partial charge in [0.2, 0.25) is 5.91 Å². The first-order valence-corrected chi connectivity index (χ1v) is 6.66. The number of amides is 1. The highest BCUT2D eigenvalue weighted by Gasteiger charge is 2.47.